The summed E-state index contributed by atoms with van der Waals surface area (Å²) in [7, 11) is -4.06. The van der Waals surface area contributed by atoms with E-state index in [1.165, 1.54) is 6.07 Å². The second-order valence-corrected chi connectivity index (χ2v) is 7.86. The third-order valence-electron chi connectivity index (χ3n) is 4.13. The molecule has 3 rings (SSSR count). The summed E-state index contributed by atoms with van der Waals surface area (Å²) in [6.45, 7) is 1.06. The minimum absolute atomic E-state index is 0.139. The van der Waals surface area contributed by atoms with Crippen molar-refractivity contribution in [1.29, 1.82) is 0 Å². The zero-order chi connectivity index (χ0) is 20.1. The molecule has 1 amide bonds. The van der Waals surface area contributed by atoms with Crippen LogP contribution in [-0.2, 0) is 21.2 Å². The van der Waals surface area contributed by atoms with E-state index in [-0.39, 0.29) is 16.1 Å². The highest BCUT2D eigenvalue weighted by molar-refractivity contribution is 7.92. The maximum atomic E-state index is 13.0. The van der Waals surface area contributed by atoms with Crippen molar-refractivity contribution in [2.75, 3.05) is 29.8 Å². The standard InChI is InChI=1S/C19H21N3O5S/c20-19(24)15-11-18-16(12-17(15)23)21-7-9-27-8-2-1-4-13-5-3-6-14(10-13)22-28(18,25)26/h1-3,5-6,10-12,21-23H,4,7-9H2,(H2,20,24)/b2-1+. The molecule has 0 aromatic heterocycles. The quantitative estimate of drug-likeness (QED) is 0.538. The minimum Gasteiger partial charge on any atom is -0.507 e. The molecule has 28 heavy (non-hydrogen) atoms. The van der Waals surface area contributed by atoms with Crippen LogP contribution >= 0.6 is 0 Å². The first kappa shape index (κ1) is 19.7. The Morgan fingerprint density at radius 2 is 2.00 bits per heavy atom. The van der Waals surface area contributed by atoms with Crippen LogP contribution in [0.3, 0.4) is 0 Å². The Bertz CT molecular complexity index is 1020. The monoisotopic (exact) mass is 403 g/mol. The molecule has 0 unspecified atom stereocenters. The number of nitrogens with one attached hydrogen (secondary N) is 2. The summed E-state index contributed by atoms with van der Waals surface area (Å²) >= 11 is 0. The molecule has 0 spiro atoms. The van der Waals surface area contributed by atoms with Gasteiger partial charge in [-0.1, -0.05) is 24.3 Å². The van der Waals surface area contributed by atoms with Crippen molar-refractivity contribution in [2.45, 2.75) is 11.3 Å². The van der Waals surface area contributed by atoms with Crippen LogP contribution < -0.4 is 15.8 Å². The summed E-state index contributed by atoms with van der Waals surface area (Å²) in [5.41, 5.74) is 6.42. The Balaban J connectivity index is 2.08. The number of carbonyl (C=O) groups is 1. The molecule has 0 atom stereocenters. The highest BCUT2D eigenvalue weighted by Gasteiger charge is 2.23. The minimum atomic E-state index is -4.06. The van der Waals surface area contributed by atoms with Gasteiger partial charge in [-0.2, -0.15) is 0 Å². The van der Waals surface area contributed by atoms with Crippen LogP contribution in [0.5, 0.6) is 5.75 Å². The van der Waals surface area contributed by atoms with E-state index in [2.05, 4.69) is 10.0 Å². The number of hydrogen-bond acceptors (Lipinski definition) is 6. The second kappa shape index (κ2) is 8.32. The van der Waals surface area contributed by atoms with Gasteiger partial charge in [0, 0.05) is 18.3 Å². The van der Waals surface area contributed by atoms with E-state index in [0.29, 0.717) is 31.9 Å². The van der Waals surface area contributed by atoms with Gasteiger partial charge in [0.2, 0.25) is 0 Å². The average molecular weight is 403 g/mol. The molecule has 148 valence electrons. The Kier molecular flexibility index (Phi) is 5.86. The fourth-order valence-electron chi connectivity index (χ4n) is 2.79. The third kappa shape index (κ3) is 4.62. The lowest BCUT2D eigenvalue weighted by Crippen LogP contribution is -2.19. The van der Waals surface area contributed by atoms with Crippen molar-refractivity contribution >= 4 is 27.3 Å². The Morgan fingerprint density at radius 3 is 2.79 bits per heavy atom. The number of phenols is 1. The molecule has 0 aliphatic carbocycles. The lowest BCUT2D eigenvalue weighted by atomic mass is 10.1. The Labute approximate surface area is 163 Å². The van der Waals surface area contributed by atoms with E-state index < -0.39 is 21.7 Å². The number of benzene rings is 2. The van der Waals surface area contributed by atoms with Gasteiger partial charge in [-0.15, -0.1) is 0 Å². The van der Waals surface area contributed by atoms with Gasteiger partial charge in [0.05, 0.1) is 24.5 Å². The fraction of sp³-hybridized carbons (Fsp3) is 0.211. The summed E-state index contributed by atoms with van der Waals surface area (Å²) in [5.74, 6) is -1.33. The van der Waals surface area contributed by atoms with Crippen LogP contribution in [0.1, 0.15) is 15.9 Å². The molecule has 8 nitrogen and oxygen atoms in total. The van der Waals surface area contributed by atoms with Crippen LogP contribution in [0.15, 0.2) is 53.4 Å². The van der Waals surface area contributed by atoms with Gasteiger partial charge < -0.3 is 20.9 Å². The number of amides is 1. The van der Waals surface area contributed by atoms with E-state index >= 15 is 0 Å². The van der Waals surface area contributed by atoms with Gasteiger partial charge >= 0.3 is 0 Å². The summed E-state index contributed by atoms with van der Waals surface area (Å²) in [6.07, 6.45) is 4.48. The molecule has 2 aromatic carbocycles. The SMILES string of the molecule is NC(=O)c1cc2c(cc1O)NCCOC/C=C/Cc1cccc(c1)NS2(=O)=O. The average Bonchev–Trinajstić information content (AvgIpc) is 2.63. The number of ether oxygens (including phenoxy) is 1. The van der Waals surface area contributed by atoms with E-state index in [1.54, 1.807) is 18.2 Å². The van der Waals surface area contributed by atoms with Crippen molar-refractivity contribution in [2.24, 2.45) is 5.73 Å². The Morgan fingerprint density at radius 1 is 1.18 bits per heavy atom. The maximum Gasteiger partial charge on any atom is 0.263 e. The first-order valence-electron chi connectivity index (χ1n) is 8.62. The van der Waals surface area contributed by atoms with Crippen LogP contribution in [0.2, 0.25) is 0 Å². The number of carbonyl (C=O) groups excluding carboxylic acids is 1. The van der Waals surface area contributed by atoms with Gasteiger partial charge in [-0.05, 0) is 30.2 Å². The number of aromatic hydroxyl groups is 1. The highest BCUT2D eigenvalue weighted by atomic mass is 32.2. The van der Waals surface area contributed by atoms with Crippen LogP contribution in [0.25, 0.3) is 0 Å². The molecule has 0 saturated heterocycles. The second-order valence-electron chi connectivity index (χ2n) is 6.21. The molecule has 2 bridgehead atoms. The number of rotatable bonds is 1. The molecule has 9 heteroatoms. The molecule has 1 heterocycles. The summed E-state index contributed by atoms with van der Waals surface area (Å²) < 4.78 is 34.0. The first-order chi connectivity index (χ1) is 13.4. The fourth-order valence-corrected chi connectivity index (χ4v) is 4.04. The molecule has 1 aliphatic heterocycles. The maximum absolute atomic E-state index is 13.0. The molecule has 2 aromatic rings. The number of sulfonamides is 1. The van der Waals surface area contributed by atoms with Crippen molar-refractivity contribution in [3.05, 3.63) is 59.7 Å². The molecule has 0 fully saturated rings. The van der Waals surface area contributed by atoms with Gasteiger partial charge in [0.15, 0.2) is 0 Å². The number of fused-ring (bicyclic) bond motifs is 3. The summed E-state index contributed by atoms with van der Waals surface area (Å²) in [5, 5.41) is 13.0. The number of anilines is 2. The Hall–Kier alpha value is -3.04. The van der Waals surface area contributed by atoms with Crippen molar-refractivity contribution in [1.82, 2.24) is 0 Å². The van der Waals surface area contributed by atoms with Gasteiger partial charge in [0.1, 0.15) is 10.6 Å². The van der Waals surface area contributed by atoms with E-state index in [4.69, 9.17) is 10.5 Å². The van der Waals surface area contributed by atoms with Gasteiger partial charge in [0.25, 0.3) is 15.9 Å². The van der Waals surface area contributed by atoms with Gasteiger partial charge in [-0.25, -0.2) is 8.42 Å². The van der Waals surface area contributed by atoms with Gasteiger partial charge in [-0.3, -0.25) is 9.52 Å². The summed E-state index contributed by atoms with van der Waals surface area (Å²) in [4.78, 5) is 11.4. The molecule has 0 radical (unpaired) electrons. The summed E-state index contributed by atoms with van der Waals surface area (Å²) in [6, 6.07) is 9.23. The number of hydrogen-bond donors (Lipinski definition) is 4. The van der Waals surface area contributed by atoms with E-state index in [9.17, 15) is 18.3 Å². The predicted molar refractivity (Wildman–Crippen MR) is 106 cm³/mol. The molecular weight excluding hydrogens is 382 g/mol. The van der Waals surface area contributed by atoms with E-state index in [1.807, 2.05) is 18.2 Å². The number of nitrogens with two attached hydrogens (primary N) is 1. The van der Waals surface area contributed by atoms with Crippen molar-refractivity contribution < 1.29 is 23.1 Å². The van der Waals surface area contributed by atoms with Crippen molar-refractivity contribution in [3.8, 4) is 5.75 Å². The smallest absolute Gasteiger partial charge is 0.263 e. The highest BCUT2D eigenvalue weighted by Crippen LogP contribution is 2.31. The predicted octanol–water partition coefficient (Wildman–Crippen LogP) is 1.83. The molecule has 0 saturated carbocycles. The molecule has 5 N–H and O–H groups in total. The topological polar surface area (TPSA) is 131 Å². The molecule has 1 aliphatic rings. The number of primary amides is 1. The molecular formula is C19H21N3O5S. The first-order valence-corrected chi connectivity index (χ1v) is 10.1. The van der Waals surface area contributed by atoms with E-state index in [0.717, 1.165) is 11.6 Å². The van der Waals surface area contributed by atoms with Crippen LogP contribution in [0, 0.1) is 0 Å². The van der Waals surface area contributed by atoms with Crippen molar-refractivity contribution in [3.63, 3.8) is 0 Å². The lowest BCUT2D eigenvalue weighted by Gasteiger charge is -2.16. The largest absolute Gasteiger partial charge is 0.507 e. The zero-order valence-electron chi connectivity index (χ0n) is 15.0. The third-order valence-corrected chi connectivity index (χ3v) is 5.55. The normalized spacial score (nSPS) is 17.7. The zero-order valence-corrected chi connectivity index (χ0v) is 15.8. The van der Waals surface area contributed by atoms with Crippen LogP contribution in [-0.4, -0.2) is 39.2 Å². The lowest BCUT2D eigenvalue weighted by molar-refractivity contribution is 0.0997. The van der Waals surface area contributed by atoms with Crippen LogP contribution in [0.4, 0.5) is 11.4 Å². The number of allylic oxidation sites excluding steroid dienone is 1.